The van der Waals surface area contributed by atoms with E-state index in [2.05, 4.69) is 12.2 Å². The Morgan fingerprint density at radius 3 is 2.49 bits per heavy atom. The summed E-state index contributed by atoms with van der Waals surface area (Å²) in [5, 5.41) is 1.62. The maximum atomic E-state index is 13.6. The van der Waals surface area contributed by atoms with E-state index >= 15 is 0 Å². The van der Waals surface area contributed by atoms with Crippen molar-refractivity contribution in [1.82, 2.24) is 10.2 Å². The van der Waals surface area contributed by atoms with Crippen LogP contribution >= 0.6 is 10.6 Å². The van der Waals surface area contributed by atoms with Gasteiger partial charge in [0, 0.05) is 18.7 Å². The van der Waals surface area contributed by atoms with Crippen molar-refractivity contribution in [3.8, 4) is 5.75 Å². The van der Waals surface area contributed by atoms with Crippen LogP contribution in [0.5, 0.6) is 5.75 Å². The third-order valence-electron chi connectivity index (χ3n) is 5.99. The molecule has 1 aliphatic rings. The molecule has 1 heterocycles. The summed E-state index contributed by atoms with van der Waals surface area (Å²) in [5.74, 6) is -0.627. The summed E-state index contributed by atoms with van der Waals surface area (Å²) in [4.78, 5) is 15.2. The van der Waals surface area contributed by atoms with Gasteiger partial charge >= 0.3 is 0 Å². The molecule has 0 saturated heterocycles. The van der Waals surface area contributed by atoms with Gasteiger partial charge in [0.1, 0.15) is 11.0 Å². The first-order valence-electron chi connectivity index (χ1n) is 11.9. The molecular weight excluding hydrogens is 488 g/mol. The van der Waals surface area contributed by atoms with E-state index in [0.717, 1.165) is 25.7 Å². The number of carbonyl (C=O) groups excluding carboxylic acids is 1. The van der Waals surface area contributed by atoms with Crippen molar-refractivity contribution < 1.29 is 27.1 Å². The number of likely N-dealkylation sites (N-methyl/N-ethyl adjacent to an activating group) is 1. The van der Waals surface area contributed by atoms with E-state index < -0.39 is 31.6 Å². The molecule has 0 bridgehead atoms. The summed E-state index contributed by atoms with van der Waals surface area (Å²) in [6.07, 6.45) is 3.78. The summed E-state index contributed by atoms with van der Waals surface area (Å²) in [6.45, 7) is 3.44. The quantitative estimate of drug-likeness (QED) is 0.348. The average molecular weight is 525 g/mol. The Morgan fingerprint density at radius 2 is 1.83 bits per heavy atom. The van der Waals surface area contributed by atoms with Gasteiger partial charge in [-0.3, -0.25) is 13.9 Å². The molecule has 0 saturated carbocycles. The standard InChI is InChI=1S/C25H36N2O6S2/c1-4-5-6-10-17-33-24-20(25(28)26-15-16-27(2)3)13-14-21-23(24)22(18-34(21,29)30)35(31,32)19-11-8-7-9-12-19/h7-9,11-14,22,29-30H,4-6,10,15-18H2,1-3H3,(H,26,28). The Bertz CT molecular complexity index is 1120. The van der Waals surface area contributed by atoms with E-state index in [4.69, 9.17) is 4.74 Å². The third kappa shape index (κ3) is 6.37. The second-order valence-corrected chi connectivity index (χ2v) is 13.2. The van der Waals surface area contributed by atoms with Crippen LogP contribution in [0.15, 0.2) is 52.3 Å². The first kappa shape index (κ1) is 27.5. The van der Waals surface area contributed by atoms with Gasteiger partial charge < -0.3 is 15.0 Å². The molecule has 2 aromatic rings. The molecule has 0 aliphatic carbocycles. The van der Waals surface area contributed by atoms with Crippen LogP contribution in [-0.2, 0) is 9.84 Å². The summed E-state index contributed by atoms with van der Waals surface area (Å²) in [7, 11) is -3.55. The summed E-state index contributed by atoms with van der Waals surface area (Å²) in [6, 6.07) is 10.9. The van der Waals surface area contributed by atoms with Gasteiger partial charge in [0.15, 0.2) is 9.84 Å². The van der Waals surface area contributed by atoms with Crippen molar-refractivity contribution in [3.05, 3.63) is 53.6 Å². The van der Waals surface area contributed by atoms with Gasteiger partial charge in [-0.1, -0.05) is 44.4 Å². The van der Waals surface area contributed by atoms with Crippen molar-refractivity contribution in [2.75, 3.05) is 39.5 Å². The summed E-state index contributed by atoms with van der Waals surface area (Å²) in [5.41, 5.74) is 0.382. The highest BCUT2D eigenvalue weighted by Gasteiger charge is 2.46. The molecule has 35 heavy (non-hydrogen) atoms. The van der Waals surface area contributed by atoms with Gasteiger partial charge in [-0.25, -0.2) is 8.42 Å². The van der Waals surface area contributed by atoms with E-state index in [1.165, 1.54) is 24.3 Å². The van der Waals surface area contributed by atoms with E-state index in [-0.39, 0.29) is 32.4 Å². The van der Waals surface area contributed by atoms with Crippen molar-refractivity contribution in [3.63, 3.8) is 0 Å². The van der Waals surface area contributed by atoms with Crippen LogP contribution < -0.4 is 10.1 Å². The fraction of sp³-hybridized carbons (Fsp3) is 0.480. The molecule has 8 nitrogen and oxygen atoms in total. The number of sulfone groups is 1. The zero-order valence-corrected chi connectivity index (χ0v) is 22.2. The van der Waals surface area contributed by atoms with E-state index in [0.29, 0.717) is 19.7 Å². The Hall–Kier alpha value is -2.11. The van der Waals surface area contributed by atoms with Crippen LogP contribution in [0, 0.1) is 0 Å². The minimum atomic E-state index is -3.97. The van der Waals surface area contributed by atoms with E-state index in [9.17, 15) is 22.3 Å². The SMILES string of the molecule is CCCCCCOc1c(C(=O)NCCN(C)C)ccc2c1C(S(=O)(=O)c1ccccc1)CS2(O)O. The van der Waals surface area contributed by atoms with Crippen molar-refractivity contribution >= 4 is 26.3 Å². The maximum absolute atomic E-state index is 13.6. The lowest BCUT2D eigenvalue weighted by atomic mass is 10.1. The van der Waals surface area contributed by atoms with Gasteiger partial charge in [-0.15, -0.1) is 0 Å². The Balaban J connectivity index is 2.06. The van der Waals surface area contributed by atoms with Crippen molar-refractivity contribution in [2.24, 2.45) is 0 Å². The van der Waals surface area contributed by atoms with Crippen LogP contribution in [0.4, 0.5) is 0 Å². The Morgan fingerprint density at radius 1 is 1.11 bits per heavy atom. The molecule has 2 aromatic carbocycles. The molecule has 3 rings (SSSR count). The number of hydrogen-bond acceptors (Lipinski definition) is 7. The first-order valence-corrected chi connectivity index (χ1v) is 15.1. The largest absolute Gasteiger partial charge is 0.492 e. The molecule has 1 amide bonds. The number of hydrogen-bond donors (Lipinski definition) is 3. The van der Waals surface area contributed by atoms with Gasteiger partial charge in [0.2, 0.25) is 0 Å². The molecule has 0 fully saturated rings. The van der Waals surface area contributed by atoms with Crippen molar-refractivity contribution in [1.29, 1.82) is 0 Å². The van der Waals surface area contributed by atoms with Crippen LogP contribution in [0.25, 0.3) is 0 Å². The summed E-state index contributed by atoms with van der Waals surface area (Å²) >= 11 is 0. The molecule has 0 spiro atoms. The van der Waals surface area contributed by atoms with Crippen LogP contribution in [0.1, 0.15) is 53.8 Å². The number of unbranched alkanes of at least 4 members (excludes halogenated alkanes) is 3. The number of nitrogens with one attached hydrogen (secondary N) is 1. The number of fused-ring (bicyclic) bond motifs is 1. The second kappa shape index (κ2) is 11.7. The lowest BCUT2D eigenvalue weighted by Gasteiger charge is -2.27. The smallest absolute Gasteiger partial charge is 0.255 e. The van der Waals surface area contributed by atoms with Gasteiger partial charge in [-0.05, 0) is 44.8 Å². The van der Waals surface area contributed by atoms with Gasteiger partial charge in [-0.2, -0.15) is 10.6 Å². The fourth-order valence-corrected chi connectivity index (χ4v) is 8.51. The lowest BCUT2D eigenvalue weighted by molar-refractivity contribution is 0.0946. The molecule has 0 aromatic heterocycles. The fourth-order valence-electron chi connectivity index (χ4n) is 4.10. The predicted octanol–water partition coefficient (Wildman–Crippen LogP) is 4.58. The number of ether oxygens (including phenoxy) is 1. The van der Waals surface area contributed by atoms with Gasteiger partial charge in [0.05, 0.1) is 27.7 Å². The number of benzene rings is 2. The highest BCUT2D eigenvalue weighted by molar-refractivity contribution is 8.25. The van der Waals surface area contributed by atoms with Crippen LogP contribution in [0.3, 0.4) is 0 Å². The Kier molecular flexibility index (Phi) is 9.22. The minimum Gasteiger partial charge on any atom is -0.492 e. The molecule has 1 unspecified atom stereocenters. The predicted molar refractivity (Wildman–Crippen MR) is 139 cm³/mol. The van der Waals surface area contributed by atoms with Gasteiger partial charge in [0.25, 0.3) is 5.91 Å². The number of nitrogens with zero attached hydrogens (tertiary/aromatic N) is 1. The molecule has 10 heteroatoms. The monoisotopic (exact) mass is 524 g/mol. The molecular formula is C25H36N2O6S2. The molecule has 1 aliphatic heterocycles. The molecule has 0 radical (unpaired) electrons. The number of amides is 1. The first-order chi connectivity index (χ1) is 16.6. The molecule has 3 N–H and O–H groups in total. The number of rotatable bonds is 12. The minimum absolute atomic E-state index is 0.0859. The summed E-state index contributed by atoms with van der Waals surface area (Å²) < 4.78 is 55.0. The highest BCUT2D eigenvalue weighted by Crippen LogP contribution is 2.63. The zero-order chi connectivity index (χ0) is 25.6. The van der Waals surface area contributed by atoms with Crippen molar-refractivity contribution in [2.45, 2.75) is 47.6 Å². The maximum Gasteiger partial charge on any atom is 0.255 e. The number of carbonyl (C=O) groups is 1. The second-order valence-electron chi connectivity index (χ2n) is 9.00. The zero-order valence-electron chi connectivity index (χ0n) is 20.6. The highest BCUT2D eigenvalue weighted by atomic mass is 32.3. The van der Waals surface area contributed by atoms with Crippen LogP contribution in [0.2, 0.25) is 0 Å². The average Bonchev–Trinajstić information content (AvgIpc) is 3.11. The lowest BCUT2D eigenvalue weighted by Crippen LogP contribution is -2.31. The molecule has 194 valence electrons. The normalized spacial score (nSPS) is 17.7. The van der Waals surface area contributed by atoms with E-state index in [1.54, 1.807) is 18.2 Å². The van der Waals surface area contributed by atoms with Crippen LogP contribution in [-0.4, -0.2) is 67.9 Å². The topological polar surface area (TPSA) is 116 Å². The Labute approximate surface area is 210 Å². The third-order valence-corrected chi connectivity index (χ3v) is 10.1. The van der Waals surface area contributed by atoms with E-state index in [1.807, 2.05) is 19.0 Å². The molecule has 1 atom stereocenters.